The normalized spacial score (nSPS) is 13.4. The number of fused-ring (bicyclic) bond motifs is 2. The summed E-state index contributed by atoms with van der Waals surface area (Å²) < 4.78 is 45.3. The average Bonchev–Trinajstić information content (AvgIpc) is 3.21. The van der Waals surface area contributed by atoms with Gasteiger partial charge in [0.1, 0.15) is 0 Å². The molecule has 1 aromatic heterocycles. The molecule has 4 rings (SSSR count). The second kappa shape index (κ2) is 6.43. The third kappa shape index (κ3) is 3.08. The molecule has 0 fully saturated rings. The minimum Gasteiger partial charge on any atom is -0.454 e. The lowest BCUT2D eigenvalue weighted by Crippen LogP contribution is -2.24. The zero-order valence-corrected chi connectivity index (χ0v) is 15.6. The molecular formula is C18H18N2O6S. The van der Waals surface area contributed by atoms with Gasteiger partial charge in [-0.1, -0.05) is 6.07 Å². The number of benzene rings is 2. The van der Waals surface area contributed by atoms with Gasteiger partial charge in [-0.2, -0.15) is 0 Å². The first kappa shape index (κ1) is 17.6. The van der Waals surface area contributed by atoms with Gasteiger partial charge in [-0.05, 0) is 43.2 Å². The monoisotopic (exact) mass is 390 g/mol. The van der Waals surface area contributed by atoms with Gasteiger partial charge in [-0.25, -0.2) is 17.9 Å². The van der Waals surface area contributed by atoms with Gasteiger partial charge in [0.15, 0.2) is 17.1 Å². The predicted octanol–water partition coefficient (Wildman–Crippen LogP) is 2.13. The predicted molar refractivity (Wildman–Crippen MR) is 97.5 cm³/mol. The minimum atomic E-state index is -3.80. The van der Waals surface area contributed by atoms with E-state index < -0.39 is 15.8 Å². The molecule has 0 radical (unpaired) electrons. The highest BCUT2D eigenvalue weighted by molar-refractivity contribution is 7.89. The van der Waals surface area contributed by atoms with Crippen LogP contribution in [0.15, 0.2) is 44.4 Å². The molecule has 1 aliphatic rings. The number of hydrogen-bond donors (Lipinski definition) is 1. The van der Waals surface area contributed by atoms with Crippen molar-refractivity contribution in [1.29, 1.82) is 0 Å². The van der Waals surface area contributed by atoms with Crippen molar-refractivity contribution in [2.24, 2.45) is 0 Å². The first-order valence-corrected chi connectivity index (χ1v) is 9.89. The Balaban J connectivity index is 1.63. The van der Waals surface area contributed by atoms with Crippen LogP contribution in [0.25, 0.3) is 11.1 Å². The van der Waals surface area contributed by atoms with Crippen LogP contribution in [0.5, 0.6) is 11.5 Å². The molecular weight excluding hydrogens is 372 g/mol. The lowest BCUT2D eigenvalue weighted by molar-refractivity contribution is 0.174. The average molecular weight is 390 g/mol. The van der Waals surface area contributed by atoms with Crippen LogP contribution in [-0.4, -0.2) is 19.8 Å². The summed E-state index contributed by atoms with van der Waals surface area (Å²) >= 11 is 0. The van der Waals surface area contributed by atoms with Crippen LogP contribution in [0.3, 0.4) is 0 Å². The third-order valence-electron chi connectivity index (χ3n) is 4.47. The van der Waals surface area contributed by atoms with Gasteiger partial charge in [-0.15, -0.1) is 0 Å². The van der Waals surface area contributed by atoms with E-state index in [4.69, 9.17) is 13.9 Å². The first-order valence-electron chi connectivity index (χ1n) is 8.41. The summed E-state index contributed by atoms with van der Waals surface area (Å²) in [4.78, 5) is 11.9. The standard InChI is InChI=1S/C18H18N2O6S/c1-3-20-13-6-11(2)17(8-15(13)26-18(20)21)27(22,23)19-9-12-4-5-14-16(7-12)25-10-24-14/h4-8,19H,3,9-10H2,1-2H3. The van der Waals surface area contributed by atoms with E-state index >= 15 is 0 Å². The summed E-state index contributed by atoms with van der Waals surface area (Å²) in [6.45, 7) is 4.21. The van der Waals surface area contributed by atoms with Crippen molar-refractivity contribution in [3.8, 4) is 11.5 Å². The van der Waals surface area contributed by atoms with Crippen LogP contribution < -0.4 is 20.0 Å². The van der Waals surface area contributed by atoms with Gasteiger partial charge >= 0.3 is 5.76 Å². The van der Waals surface area contributed by atoms with Gasteiger partial charge in [0.05, 0.1) is 10.4 Å². The second-order valence-electron chi connectivity index (χ2n) is 6.21. The molecule has 3 aromatic rings. The highest BCUT2D eigenvalue weighted by Gasteiger charge is 2.21. The maximum absolute atomic E-state index is 12.8. The van der Waals surface area contributed by atoms with Crippen molar-refractivity contribution in [3.63, 3.8) is 0 Å². The van der Waals surface area contributed by atoms with E-state index in [0.29, 0.717) is 29.1 Å². The molecule has 0 unspecified atom stereocenters. The van der Waals surface area contributed by atoms with Crippen molar-refractivity contribution in [2.45, 2.75) is 31.8 Å². The van der Waals surface area contributed by atoms with Crippen LogP contribution in [0.1, 0.15) is 18.1 Å². The van der Waals surface area contributed by atoms with Crippen molar-refractivity contribution < 1.29 is 22.3 Å². The van der Waals surface area contributed by atoms with Crippen molar-refractivity contribution in [1.82, 2.24) is 9.29 Å². The van der Waals surface area contributed by atoms with E-state index in [2.05, 4.69) is 4.72 Å². The molecule has 8 nitrogen and oxygen atoms in total. The number of aryl methyl sites for hydroxylation is 2. The van der Waals surface area contributed by atoms with E-state index in [1.165, 1.54) is 10.6 Å². The van der Waals surface area contributed by atoms with E-state index in [1.807, 2.05) is 6.92 Å². The van der Waals surface area contributed by atoms with Crippen molar-refractivity contribution in [3.05, 3.63) is 52.0 Å². The smallest absolute Gasteiger partial charge is 0.419 e. The molecule has 2 heterocycles. The molecule has 0 aliphatic carbocycles. The summed E-state index contributed by atoms with van der Waals surface area (Å²) in [7, 11) is -3.80. The van der Waals surface area contributed by atoms with Crippen LogP contribution in [0, 0.1) is 6.92 Å². The Bertz CT molecular complexity index is 1190. The van der Waals surface area contributed by atoms with Crippen LogP contribution >= 0.6 is 0 Å². The zero-order valence-electron chi connectivity index (χ0n) is 14.8. The number of aromatic nitrogens is 1. The molecule has 9 heteroatoms. The molecule has 0 amide bonds. The highest BCUT2D eigenvalue weighted by Crippen LogP contribution is 2.32. The van der Waals surface area contributed by atoms with Gasteiger partial charge < -0.3 is 13.9 Å². The zero-order chi connectivity index (χ0) is 19.2. The Kier molecular flexibility index (Phi) is 4.20. The van der Waals surface area contributed by atoms with E-state index in [9.17, 15) is 13.2 Å². The van der Waals surface area contributed by atoms with E-state index in [-0.39, 0.29) is 23.8 Å². The fourth-order valence-corrected chi connectivity index (χ4v) is 4.35. The molecule has 0 bridgehead atoms. The minimum absolute atomic E-state index is 0.0766. The number of nitrogens with zero attached hydrogens (tertiary/aromatic N) is 1. The Morgan fingerprint density at radius 2 is 1.93 bits per heavy atom. The highest BCUT2D eigenvalue weighted by atomic mass is 32.2. The number of hydrogen-bond acceptors (Lipinski definition) is 6. The van der Waals surface area contributed by atoms with Crippen molar-refractivity contribution in [2.75, 3.05) is 6.79 Å². The third-order valence-corrected chi connectivity index (χ3v) is 6.02. The summed E-state index contributed by atoms with van der Waals surface area (Å²) in [5, 5.41) is 0. The molecule has 142 valence electrons. The van der Waals surface area contributed by atoms with Crippen LogP contribution in [0.2, 0.25) is 0 Å². The summed E-state index contributed by atoms with van der Waals surface area (Å²) in [5.41, 5.74) is 2.10. The van der Waals surface area contributed by atoms with Crippen LogP contribution in [0.4, 0.5) is 0 Å². The summed E-state index contributed by atoms with van der Waals surface area (Å²) in [5.74, 6) is 0.722. The molecule has 27 heavy (non-hydrogen) atoms. The lowest BCUT2D eigenvalue weighted by Gasteiger charge is -2.10. The number of sulfonamides is 1. The van der Waals surface area contributed by atoms with Gasteiger partial charge in [0, 0.05) is 19.2 Å². The van der Waals surface area contributed by atoms with Gasteiger partial charge in [-0.3, -0.25) is 4.57 Å². The first-order chi connectivity index (χ1) is 12.9. The number of oxazole rings is 1. The summed E-state index contributed by atoms with van der Waals surface area (Å²) in [6, 6.07) is 8.29. The molecule has 0 saturated carbocycles. The molecule has 1 N–H and O–H groups in total. The Labute approximate surface area is 155 Å². The Hall–Kier alpha value is -2.78. The molecule has 1 aliphatic heterocycles. The quantitative estimate of drug-likeness (QED) is 0.716. The molecule has 0 saturated heterocycles. The van der Waals surface area contributed by atoms with E-state index in [1.54, 1.807) is 31.2 Å². The topological polar surface area (TPSA) is 99.8 Å². The Morgan fingerprint density at radius 3 is 2.70 bits per heavy atom. The largest absolute Gasteiger partial charge is 0.454 e. The SMILES string of the molecule is CCn1c(=O)oc2cc(S(=O)(=O)NCc3ccc4c(c3)OCO4)c(C)cc21. The fourth-order valence-electron chi connectivity index (χ4n) is 3.09. The maximum atomic E-state index is 12.8. The maximum Gasteiger partial charge on any atom is 0.419 e. The summed E-state index contributed by atoms with van der Waals surface area (Å²) in [6.07, 6.45) is 0. The second-order valence-corrected chi connectivity index (χ2v) is 7.95. The van der Waals surface area contributed by atoms with Crippen LogP contribution in [-0.2, 0) is 23.1 Å². The number of ether oxygens (including phenoxy) is 2. The molecule has 0 atom stereocenters. The lowest BCUT2D eigenvalue weighted by atomic mass is 10.2. The molecule has 0 spiro atoms. The fraction of sp³-hybridized carbons (Fsp3) is 0.278. The number of rotatable bonds is 5. The molecule has 2 aromatic carbocycles. The van der Waals surface area contributed by atoms with Crippen molar-refractivity contribution >= 4 is 21.1 Å². The van der Waals surface area contributed by atoms with E-state index in [0.717, 1.165) is 5.56 Å². The Morgan fingerprint density at radius 1 is 1.15 bits per heavy atom. The number of nitrogens with one attached hydrogen (secondary N) is 1. The van der Waals surface area contributed by atoms with Gasteiger partial charge in [0.25, 0.3) is 0 Å². The van der Waals surface area contributed by atoms with Gasteiger partial charge in [0.2, 0.25) is 16.8 Å².